The van der Waals surface area contributed by atoms with Crippen LogP contribution in [0.3, 0.4) is 0 Å². The quantitative estimate of drug-likeness (QED) is 0.889. The minimum absolute atomic E-state index is 0. The molecular weight excluding hydrogens is 323 g/mol. The summed E-state index contributed by atoms with van der Waals surface area (Å²) in [6.07, 6.45) is -3.86. The number of ether oxygens (including phenoxy) is 1. The Labute approximate surface area is 132 Å². The third kappa shape index (κ3) is 5.27. The highest BCUT2D eigenvalue weighted by Crippen LogP contribution is 2.24. The molecule has 2 amide bonds. The maximum absolute atomic E-state index is 12.0. The van der Waals surface area contributed by atoms with E-state index in [2.05, 4.69) is 10.1 Å². The van der Waals surface area contributed by atoms with Gasteiger partial charge < -0.3 is 20.7 Å². The monoisotopic (exact) mass is 339 g/mol. The summed E-state index contributed by atoms with van der Waals surface area (Å²) < 4.78 is 39.8. The molecule has 2 rings (SSSR count). The van der Waals surface area contributed by atoms with E-state index in [1.807, 2.05) is 0 Å². The zero-order valence-electron chi connectivity index (χ0n) is 11.6. The first-order valence-electron chi connectivity index (χ1n) is 6.49. The highest BCUT2D eigenvalue weighted by Gasteiger charge is 2.31. The molecule has 5 nitrogen and oxygen atoms in total. The molecule has 1 unspecified atom stereocenters. The number of nitrogens with zero attached hydrogens (tertiary/aromatic N) is 1. The van der Waals surface area contributed by atoms with Gasteiger partial charge in [-0.05, 0) is 43.1 Å². The van der Waals surface area contributed by atoms with Gasteiger partial charge in [0.05, 0.1) is 0 Å². The number of hydrogen-bond donors (Lipinski definition) is 2. The molecule has 0 aliphatic carbocycles. The fourth-order valence-electron chi connectivity index (χ4n) is 2.15. The summed E-state index contributed by atoms with van der Waals surface area (Å²) in [7, 11) is 0. The van der Waals surface area contributed by atoms with Crippen LogP contribution in [0.25, 0.3) is 0 Å². The van der Waals surface area contributed by atoms with Crippen molar-refractivity contribution in [2.75, 3.05) is 25.0 Å². The second-order valence-electron chi connectivity index (χ2n) is 4.84. The van der Waals surface area contributed by atoms with Crippen LogP contribution in [0.1, 0.15) is 6.42 Å². The van der Waals surface area contributed by atoms with Gasteiger partial charge in [-0.25, -0.2) is 4.79 Å². The Morgan fingerprint density at radius 2 is 2.00 bits per heavy atom. The second kappa shape index (κ2) is 7.55. The van der Waals surface area contributed by atoms with Crippen molar-refractivity contribution in [1.82, 2.24) is 4.90 Å². The van der Waals surface area contributed by atoms with Crippen LogP contribution in [0.15, 0.2) is 24.3 Å². The molecule has 9 heteroatoms. The minimum Gasteiger partial charge on any atom is -0.406 e. The van der Waals surface area contributed by atoms with E-state index in [-0.39, 0.29) is 24.2 Å². The van der Waals surface area contributed by atoms with Crippen LogP contribution in [0.5, 0.6) is 5.75 Å². The predicted molar refractivity (Wildman–Crippen MR) is 78.1 cm³/mol. The molecule has 1 heterocycles. The number of alkyl halides is 3. The number of hydrogen-bond acceptors (Lipinski definition) is 3. The van der Waals surface area contributed by atoms with E-state index in [4.69, 9.17) is 5.73 Å². The van der Waals surface area contributed by atoms with E-state index in [0.29, 0.717) is 31.2 Å². The number of rotatable bonds is 3. The molecule has 3 N–H and O–H groups in total. The number of nitrogens with two attached hydrogens (primary N) is 1. The average molecular weight is 340 g/mol. The van der Waals surface area contributed by atoms with Crippen LogP contribution >= 0.6 is 12.4 Å². The largest absolute Gasteiger partial charge is 0.573 e. The molecule has 0 bridgehead atoms. The van der Waals surface area contributed by atoms with Gasteiger partial charge in [0, 0.05) is 18.8 Å². The van der Waals surface area contributed by atoms with Crippen molar-refractivity contribution in [2.24, 2.45) is 11.7 Å². The van der Waals surface area contributed by atoms with Crippen LogP contribution in [-0.4, -0.2) is 36.9 Å². The number of amides is 2. The maximum atomic E-state index is 12.0. The number of urea groups is 1. The van der Waals surface area contributed by atoms with Crippen LogP contribution in [0.4, 0.5) is 23.7 Å². The van der Waals surface area contributed by atoms with E-state index in [0.717, 1.165) is 18.6 Å². The Morgan fingerprint density at radius 1 is 1.36 bits per heavy atom. The standard InChI is InChI=1S/C13H16F3N3O2.ClH/c14-13(15,16)21-11-3-1-10(2-4-11)18-12(20)19-6-5-9(7-17)8-19;/h1-4,9H,5-8,17H2,(H,18,20);1H. The van der Waals surface area contributed by atoms with Gasteiger partial charge in [0.2, 0.25) is 0 Å². The van der Waals surface area contributed by atoms with E-state index in [1.54, 1.807) is 4.90 Å². The fourth-order valence-corrected chi connectivity index (χ4v) is 2.15. The Bertz CT molecular complexity index is 496. The van der Waals surface area contributed by atoms with Crippen LogP contribution in [0.2, 0.25) is 0 Å². The van der Waals surface area contributed by atoms with E-state index in [1.165, 1.54) is 12.1 Å². The van der Waals surface area contributed by atoms with Gasteiger partial charge in [-0.2, -0.15) is 0 Å². The van der Waals surface area contributed by atoms with Crippen molar-refractivity contribution >= 4 is 24.1 Å². The van der Waals surface area contributed by atoms with Crippen molar-refractivity contribution < 1.29 is 22.7 Å². The highest BCUT2D eigenvalue weighted by molar-refractivity contribution is 5.89. The first-order chi connectivity index (χ1) is 9.87. The molecule has 1 atom stereocenters. The molecule has 124 valence electrons. The molecule has 1 aromatic carbocycles. The van der Waals surface area contributed by atoms with E-state index < -0.39 is 6.36 Å². The molecular formula is C13H17ClF3N3O2. The Kier molecular flexibility index (Phi) is 6.31. The van der Waals surface area contributed by atoms with Gasteiger partial charge in [0.1, 0.15) is 5.75 Å². The molecule has 0 spiro atoms. The minimum atomic E-state index is -4.72. The molecule has 1 aromatic rings. The van der Waals surface area contributed by atoms with E-state index >= 15 is 0 Å². The number of carbonyl (C=O) groups is 1. The summed E-state index contributed by atoms with van der Waals surface area (Å²) in [5.41, 5.74) is 5.96. The first-order valence-corrected chi connectivity index (χ1v) is 6.49. The Hall–Kier alpha value is -1.67. The lowest BCUT2D eigenvalue weighted by molar-refractivity contribution is -0.274. The molecule has 22 heavy (non-hydrogen) atoms. The molecule has 1 saturated heterocycles. The normalized spacial score (nSPS) is 17.8. The van der Waals surface area contributed by atoms with Crippen molar-refractivity contribution in [3.05, 3.63) is 24.3 Å². The van der Waals surface area contributed by atoms with Gasteiger partial charge in [0.15, 0.2) is 0 Å². The number of nitrogens with one attached hydrogen (secondary N) is 1. The van der Waals surface area contributed by atoms with Crippen molar-refractivity contribution in [3.63, 3.8) is 0 Å². The lowest BCUT2D eigenvalue weighted by atomic mass is 10.1. The van der Waals surface area contributed by atoms with Crippen molar-refractivity contribution in [3.8, 4) is 5.75 Å². The van der Waals surface area contributed by atoms with Crippen LogP contribution in [0, 0.1) is 5.92 Å². The highest BCUT2D eigenvalue weighted by atomic mass is 35.5. The number of likely N-dealkylation sites (tertiary alicyclic amines) is 1. The van der Waals surface area contributed by atoms with Crippen molar-refractivity contribution in [2.45, 2.75) is 12.8 Å². The summed E-state index contributed by atoms with van der Waals surface area (Å²) in [5, 5.41) is 2.63. The van der Waals surface area contributed by atoms with Crippen LogP contribution < -0.4 is 15.8 Å². The molecule has 1 aliphatic heterocycles. The zero-order valence-corrected chi connectivity index (χ0v) is 12.4. The van der Waals surface area contributed by atoms with Crippen molar-refractivity contribution in [1.29, 1.82) is 0 Å². The Morgan fingerprint density at radius 3 is 2.50 bits per heavy atom. The number of halogens is 4. The predicted octanol–water partition coefficient (Wildman–Crippen LogP) is 2.82. The summed E-state index contributed by atoms with van der Waals surface area (Å²) in [6.45, 7) is 1.76. The molecule has 1 fully saturated rings. The summed E-state index contributed by atoms with van der Waals surface area (Å²) in [5.74, 6) is -0.0248. The average Bonchev–Trinajstić information content (AvgIpc) is 2.88. The molecule has 0 saturated carbocycles. The summed E-state index contributed by atoms with van der Waals surface area (Å²) >= 11 is 0. The topological polar surface area (TPSA) is 67.6 Å². The Balaban J connectivity index is 0.00000242. The number of anilines is 1. The van der Waals surface area contributed by atoms with Crippen LogP contribution in [-0.2, 0) is 0 Å². The number of carbonyl (C=O) groups excluding carboxylic acids is 1. The number of benzene rings is 1. The van der Waals surface area contributed by atoms with Gasteiger partial charge in [-0.3, -0.25) is 0 Å². The second-order valence-corrected chi connectivity index (χ2v) is 4.84. The first kappa shape index (κ1) is 18.4. The van der Waals surface area contributed by atoms with Gasteiger partial charge >= 0.3 is 12.4 Å². The molecule has 0 radical (unpaired) electrons. The summed E-state index contributed by atoms with van der Waals surface area (Å²) in [4.78, 5) is 13.6. The van der Waals surface area contributed by atoms with Gasteiger partial charge in [-0.15, -0.1) is 25.6 Å². The lowest BCUT2D eigenvalue weighted by Crippen LogP contribution is -2.33. The third-order valence-corrected chi connectivity index (χ3v) is 3.25. The van der Waals surface area contributed by atoms with E-state index in [9.17, 15) is 18.0 Å². The lowest BCUT2D eigenvalue weighted by Gasteiger charge is -2.17. The SMILES string of the molecule is Cl.NCC1CCN(C(=O)Nc2ccc(OC(F)(F)F)cc2)C1. The maximum Gasteiger partial charge on any atom is 0.573 e. The molecule has 1 aliphatic rings. The fraction of sp³-hybridized carbons (Fsp3) is 0.462. The van der Waals surface area contributed by atoms with Gasteiger partial charge in [0.25, 0.3) is 0 Å². The summed E-state index contributed by atoms with van der Waals surface area (Å²) in [6, 6.07) is 4.73. The molecule has 0 aromatic heterocycles. The zero-order chi connectivity index (χ0) is 15.5. The smallest absolute Gasteiger partial charge is 0.406 e. The third-order valence-electron chi connectivity index (χ3n) is 3.25. The van der Waals surface area contributed by atoms with Gasteiger partial charge in [-0.1, -0.05) is 0 Å².